The Kier molecular flexibility index (Phi) is 3.97. The van der Waals surface area contributed by atoms with E-state index >= 15 is 0 Å². The van der Waals surface area contributed by atoms with Crippen LogP contribution in [0.25, 0.3) is 44.7 Å². The second-order valence-electron chi connectivity index (χ2n) is 7.73. The Hall–Kier alpha value is -3.74. The van der Waals surface area contributed by atoms with Gasteiger partial charge >= 0.3 is 0 Å². The quantitative estimate of drug-likeness (QED) is 0.468. The second-order valence-corrected chi connectivity index (χ2v) is 7.73. The Labute approximate surface area is 173 Å². The van der Waals surface area contributed by atoms with Crippen molar-refractivity contribution < 1.29 is 0 Å². The van der Waals surface area contributed by atoms with E-state index in [1.807, 2.05) is 36.7 Å². The Morgan fingerprint density at radius 2 is 1.77 bits per heavy atom. The van der Waals surface area contributed by atoms with E-state index in [9.17, 15) is 0 Å². The van der Waals surface area contributed by atoms with Gasteiger partial charge in [-0.25, -0.2) is 4.98 Å². The van der Waals surface area contributed by atoms with Gasteiger partial charge in [0.1, 0.15) is 11.3 Å². The molecule has 7 heteroatoms. The summed E-state index contributed by atoms with van der Waals surface area (Å²) >= 11 is 0. The highest BCUT2D eigenvalue weighted by Gasteiger charge is 2.18. The molecule has 0 amide bonds. The maximum Gasteiger partial charge on any atom is 0.139 e. The number of nitrogens with one attached hydrogen (secondary N) is 2. The summed E-state index contributed by atoms with van der Waals surface area (Å²) in [6.07, 6.45) is 9.29. The van der Waals surface area contributed by atoms with Crippen molar-refractivity contribution in [3.05, 3.63) is 55.0 Å². The van der Waals surface area contributed by atoms with Gasteiger partial charge in [0.2, 0.25) is 0 Å². The van der Waals surface area contributed by atoms with Crippen molar-refractivity contribution in [3.8, 4) is 22.8 Å². The van der Waals surface area contributed by atoms with Gasteiger partial charge in [0.25, 0.3) is 0 Å². The molecule has 0 bridgehead atoms. The summed E-state index contributed by atoms with van der Waals surface area (Å²) in [5.41, 5.74) is 6.53. The number of rotatable bonds is 3. The van der Waals surface area contributed by atoms with Crippen LogP contribution < -0.4 is 4.90 Å². The molecule has 0 aliphatic carbocycles. The maximum absolute atomic E-state index is 4.58. The largest absolute Gasteiger partial charge is 0.371 e. The number of H-pyrrole nitrogens is 2. The molecule has 7 nitrogen and oxygen atoms in total. The first-order chi connectivity index (χ1) is 14.9. The van der Waals surface area contributed by atoms with Crippen LogP contribution in [-0.2, 0) is 0 Å². The minimum absolute atomic E-state index is 0.828. The summed E-state index contributed by atoms with van der Waals surface area (Å²) in [6, 6.07) is 12.2. The number of piperidine rings is 1. The van der Waals surface area contributed by atoms with Gasteiger partial charge < -0.3 is 9.88 Å². The number of fused-ring (bicyclic) bond motifs is 2. The first-order valence-electron chi connectivity index (χ1n) is 10.4. The lowest BCUT2D eigenvalue weighted by Gasteiger charge is -2.29. The minimum atomic E-state index is 0.828. The van der Waals surface area contributed by atoms with Crippen molar-refractivity contribution >= 4 is 27.6 Å². The normalized spacial score (nSPS) is 14.6. The number of aromatic amines is 2. The molecule has 0 unspecified atom stereocenters. The van der Waals surface area contributed by atoms with E-state index in [2.05, 4.69) is 47.2 Å². The summed E-state index contributed by atoms with van der Waals surface area (Å²) < 4.78 is 0. The van der Waals surface area contributed by atoms with Gasteiger partial charge in [0.15, 0.2) is 0 Å². The zero-order valence-electron chi connectivity index (χ0n) is 16.5. The third kappa shape index (κ3) is 2.82. The molecule has 2 N–H and O–H groups in total. The Morgan fingerprint density at radius 3 is 2.63 bits per heavy atom. The van der Waals surface area contributed by atoms with E-state index in [1.165, 1.54) is 24.9 Å². The van der Waals surface area contributed by atoms with Crippen molar-refractivity contribution in [2.75, 3.05) is 18.0 Å². The Morgan fingerprint density at radius 1 is 0.833 bits per heavy atom. The molecular weight excluding hydrogens is 374 g/mol. The molecule has 1 aliphatic heterocycles. The lowest BCUT2D eigenvalue weighted by molar-refractivity contribution is 0.579. The van der Waals surface area contributed by atoms with Gasteiger partial charge in [0.05, 0.1) is 28.8 Å². The van der Waals surface area contributed by atoms with Crippen molar-refractivity contribution in [2.24, 2.45) is 0 Å². The number of aromatic nitrogens is 6. The molecule has 0 spiro atoms. The summed E-state index contributed by atoms with van der Waals surface area (Å²) in [7, 11) is 0. The Bertz CT molecular complexity index is 1330. The summed E-state index contributed by atoms with van der Waals surface area (Å²) in [4.78, 5) is 19.5. The third-order valence-corrected chi connectivity index (χ3v) is 5.84. The number of nitrogens with zero attached hydrogens (tertiary/aromatic N) is 5. The molecule has 6 heterocycles. The van der Waals surface area contributed by atoms with Crippen molar-refractivity contribution in [1.29, 1.82) is 0 Å². The molecule has 5 aromatic heterocycles. The van der Waals surface area contributed by atoms with Crippen LogP contribution in [0.5, 0.6) is 0 Å². The highest BCUT2D eigenvalue weighted by atomic mass is 15.1. The van der Waals surface area contributed by atoms with Crippen LogP contribution in [0.2, 0.25) is 0 Å². The van der Waals surface area contributed by atoms with Crippen molar-refractivity contribution in [2.45, 2.75) is 19.3 Å². The number of anilines is 1. The predicted octanol–water partition coefficient (Wildman–Crippen LogP) is 4.55. The molecular formula is C23H21N7. The van der Waals surface area contributed by atoms with Crippen LogP contribution in [0.4, 0.5) is 5.69 Å². The van der Waals surface area contributed by atoms with E-state index in [0.29, 0.717) is 0 Å². The van der Waals surface area contributed by atoms with Gasteiger partial charge in [-0.3, -0.25) is 15.1 Å². The molecule has 6 rings (SSSR count). The van der Waals surface area contributed by atoms with Crippen LogP contribution in [0.15, 0.2) is 55.0 Å². The van der Waals surface area contributed by atoms with Gasteiger partial charge in [-0.1, -0.05) is 6.07 Å². The summed E-state index contributed by atoms with van der Waals surface area (Å²) in [5.74, 6) is 0. The lowest BCUT2D eigenvalue weighted by Crippen LogP contribution is -2.29. The van der Waals surface area contributed by atoms with E-state index < -0.39 is 0 Å². The standard InChI is InChI=1S/C23H21N7/c1-4-10-30(11-5-1)21-7-9-25-23-16(21)13-19(27-23)22-15-12-18(17-6-2-3-8-24-17)26-14-20(15)28-29-22/h2-3,6-9,12-14H,1,4-5,10-11H2,(H,25,27)(H,28,29). The lowest BCUT2D eigenvalue weighted by atomic mass is 10.1. The first-order valence-corrected chi connectivity index (χ1v) is 10.4. The third-order valence-electron chi connectivity index (χ3n) is 5.84. The zero-order valence-corrected chi connectivity index (χ0v) is 16.5. The SMILES string of the molecule is c1ccc(-c2cc3c(-c4cc5c(N6CCCCC6)ccnc5[nH]4)n[nH]c3cn2)nc1. The van der Waals surface area contributed by atoms with Crippen LogP contribution in [0.3, 0.4) is 0 Å². The fraction of sp³-hybridized carbons (Fsp3) is 0.217. The minimum Gasteiger partial charge on any atom is -0.371 e. The summed E-state index contributed by atoms with van der Waals surface area (Å²) in [5, 5.41) is 9.84. The van der Waals surface area contributed by atoms with Crippen LogP contribution in [-0.4, -0.2) is 43.2 Å². The molecule has 1 saturated heterocycles. The van der Waals surface area contributed by atoms with E-state index in [4.69, 9.17) is 0 Å². The fourth-order valence-corrected chi connectivity index (χ4v) is 4.33. The van der Waals surface area contributed by atoms with E-state index in [0.717, 1.165) is 57.8 Å². The predicted molar refractivity (Wildman–Crippen MR) is 118 cm³/mol. The first kappa shape index (κ1) is 17.1. The zero-order chi connectivity index (χ0) is 19.9. The molecule has 0 aromatic carbocycles. The van der Waals surface area contributed by atoms with Gasteiger partial charge in [-0.05, 0) is 49.6 Å². The molecule has 5 aromatic rings. The van der Waals surface area contributed by atoms with Gasteiger partial charge in [0, 0.05) is 41.9 Å². The number of pyridine rings is 3. The topological polar surface area (TPSA) is 86.4 Å². The van der Waals surface area contributed by atoms with Crippen LogP contribution in [0, 0.1) is 0 Å². The molecule has 1 fully saturated rings. The highest BCUT2D eigenvalue weighted by Crippen LogP contribution is 2.34. The smallest absolute Gasteiger partial charge is 0.139 e. The fourth-order valence-electron chi connectivity index (χ4n) is 4.33. The summed E-state index contributed by atoms with van der Waals surface area (Å²) in [6.45, 7) is 2.20. The van der Waals surface area contributed by atoms with Crippen molar-refractivity contribution in [3.63, 3.8) is 0 Å². The second kappa shape index (κ2) is 6.95. The molecule has 0 radical (unpaired) electrons. The molecule has 30 heavy (non-hydrogen) atoms. The maximum atomic E-state index is 4.58. The highest BCUT2D eigenvalue weighted by molar-refractivity contribution is 5.99. The van der Waals surface area contributed by atoms with Gasteiger partial charge in [-0.15, -0.1) is 0 Å². The molecule has 1 aliphatic rings. The molecule has 0 atom stereocenters. The Balaban J connectivity index is 1.47. The van der Waals surface area contributed by atoms with Crippen LogP contribution >= 0.6 is 0 Å². The average molecular weight is 395 g/mol. The van der Waals surface area contributed by atoms with Gasteiger partial charge in [-0.2, -0.15) is 5.10 Å². The molecule has 148 valence electrons. The van der Waals surface area contributed by atoms with E-state index in [1.54, 1.807) is 6.20 Å². The van der Waals surface area contributed by atoms with Crippen LogP contribution in [0.1, 0.15) is 19.3 Å². The van der Waals surface area contributed by atoms with Crippen molar-refractivity contribution in [1.82, 2.24) is 30.1 Å². The monoisotopic (exact) mass is 395 g/mol. The average Bonchev–Trinajstić information content (AvgIpc) is 3.43. The van der Waals surface area contributed by atoms with E-state index in [-0.39, 0.29) is 0 Å². The number of hydrogen-bond acceptors (Lipinski definition) is 5. The molecule has 0 saturated carbocycles. The number of hydrogen-bond donors (Lipinski definition) is 2.